The molecule has 98 valence electrons. The first-order valence-corrected chi connectivity index (χ1v) is 6.05. The SMILES string of the molecule is C.CCCCc1c(O)ccc2ccc(OC)cc12. The van der Waals surface area contributed by atoms with Gasteiger partial charge in [-0.15, -0.1) is 0 Å². The first-order chi connectivity index (χ1) is 8.26. The van der Waals surface area contributed by atoms with E-state index in [-0.39, 0.29) is 7.43 Å². The van der Waals surface area contributed by atoms with E-state index in [0.29, 0.717) is 5.75 Å². The molecule has 0 heterocycles. The van der Waals surface area contributed by atoms with Crippen LogP contribution in [0.3, 0.4) is 0 Å². The molecule has 0 saturated heterocycles. The summed E-state index contributed by atoms with van der Waals surface area (Å²) in [5, 5.41) is 12.2. The Balaban J connectivity index is 0.00000162. The fourth-order valence-corrected chi connectivity index (χ4v) is 2.09. The lowest BCUT2D eigenvalue weighted by atomic mass is 9.99. The maximum Gasteiger partial charge on any atom is 0.119 e. The van der Waals surface area contributed by atoms with E-state index in [2.05, 4.69) is 6.92 Å². The van der Waals surface area contributed by atoms with Crippen LogP contribution in [0, 0.1) is 0 Å². The molecule has 0 aromatic heterocycles. The summed E-state index contributed by atoms with van der Waals surface area (Å²) in [4.78, 5) is 0. The van der Waals surface area contributed by atoms with Crippen molar-refractivity contribution in [2.75, 3.05) is 7.11 Å². The van der Waals surface area contributed by atoms with E-state index >= 15 is 0 Å². The van der Waals surface area contributed by atoms with Gasteiger partial charge in [-0.3, -0.25) is 0 Å². The summed E-state index contributed by atoms with van der Waals surface area (Å²) >= 11 is 0. The normalized spacial score (nSPS) is 10.1. The van der Waals surface area contributed by atoms with Gasteiger partial charge < -0.3 is 9.84 Å². The van der Waals surface area contributed by atoms with Crippen LogP contribution in [0.15, 0.2) is 30.3 Å². The van der Waals surface area contributed by atoms with Crippen molar-refractivity contribution < 1.29 is 9.84 Å². The molecule has 0 fully saturated rings. The number of ether oxygens (including phenoxy) is 1. The Bertz CT molecular complexity index is 518. The summed E-state index contributed by atoms with van der Waals surface area (Å²) < 4.78 is 5.24. The number of aryl methyl sites for hydroxylation is 1. The number of phenolic OH excluding ortho intramolecular Hbond substituents is 1. The van der Waals surface area contributed by atoms with Crippen molar-refractivity contribution in [3.8, 4) is 11.5 Å². The zero-order valence-electron chi connectivity index (χ0n) is 10.4. The molecule has 0 bridgehead atoms. The average molecular weight is 246 g/mol. The van der Waals surface area contributed by atoms with E-state index in [9.17, 15) is 5.11 Å². The van der Waals surface area contributed by atoms with E-state index < -0.39 is 0 Å². The van der Waals surface area contributed by atoms with Crippen LogP contribution in [-0.2, 0) is 6.42 Å². The summed E-state index contributed by atoms with van der Waals surface area (Å²) in [6, 6.07) is 9.70. The summed E-state index contributed by atoms with van der Waals surface area (Å²) in [5.74, 6) is 1.22. The van der Waals surface area contributed by atoms with Gasteiger partial charge in [0.05, 0.1) is 7.11 Å². The lowest BCUT2D eigenvalue weighted by Gasteiger charge is -2.10. The lowest BCUT2D eigenvalue weighted by molar-refractivity contribution is 0.415. The minimum Gasteiger partial charge on any atom is -0.508 e. The smallest absolute Gasteiger partial charge is 0.119 e. The van der Waals surface area contributed by atoms with E-state index in [0.717, 1.165) is 41.3 Å². The van der Waals surface area contributed by atoms with Crippen molar-refractivity contribution >= 4 is 10.8 Å². The molecule has 2 aromatic rings. The number of fused-ring (bicyclic) bond motifs is 1. The number of hydrogen-bond donors (Lipinski definition) is 1. The van der Waals surface area contributed by atoms with Gasteiger partial charge >= 0.3 is 0 Å². The second-order valence-electron chi connectivity index (χ2n) is 4.25. The number of phenols is 1. The molecule has 2 aromatic carbocycles. The fraction of sp³-hybridized carbons (Fsp3) is 0.375. The summed E-state index contributed by atoms with van der Waals surface area (Å²) in [5.41, 5.74) is 1.03. The van der Waals surface area contributed by atoms with Crippen LogP contribution >= 0.6 is 0 Å². The first-order valence-electron chi connectivity index (χ1n) is 6.05. The van der Waals surface area contributed by atoms with Crippen LogP contribution in [0.2, 0.25) is 0 Å². The Morgan fingerprint density at radius 1 is 1.17 bits per heavy atom. The van der Waals surface area contributed by atoms with Crippen LogP contribution in [0.5, 0.6) is 11.5 Å². The summed E-state index contributed by atoms with van der Waals surface area (Å²) in [6.45, 7) is 2.16. The summed E-state index contributed by atoms with van der Waals surface area (Å²) in [7, 11) is 1.66. The Morgan fingerprint density at radius 3 is 2.56 bits per heavy atom. The van der Waals surface area contributed by atoms with Crippen molar-refractivity contribution in [1.29, 1.82) is 0 Å². The number of aromatic hydroxyl groups is 1. The van der Waals surface area contributed by atoms with Gasteiger partial charge in [0, 0.05) is 5.56 Å². The predicted octanol–water partition coefficient (Wildman–Crippen LogP) is 4.53. The number of unbranched alkanes of at least 4 members (excludes halogenated alkanes) is 1. The van der Waals surface area contributed by atoms with Crippen molar-refractivity contribution in [2.24, 2.45) is 0 Å². The van der Waals surface area contributed by atoms with Gasteiger partial charge in [-0.1, -0.05) is 32.9 Å². The zero-order chi connectivity index (χ0) is 12.3. The molecular formula is C16H22O2. The predicted molar refractivity (Wildman–Crippen MR) is 77.5 cm³/mol. The fourth-order valence-electron chi connectivity index (χ4n) is 2.09. The highest BCUT2D eigenvalue weighted by molar-refractivity contribution is 5.88. The number of benzene rings is 2. The van der Waals surface area contributed by atoms with E-state index in [4.69, 9.17) is 4.74 Å². The van der Waals surface area contributed by atoms with Gasteiger partial charge in [0.15, 0.2) is 0 Å². The van der Waals surface area contributed by atoms with Crippen molar-refractivity contribution in [3.63, 3.8) is 0 Å². The molecule has 2 rings (SSSR count). The highest BCUT2D eigenvalue weighted by atomic mass is 16.5. The minimum absolute atomic E-state index is 0. The molecule has 0 atom stereocenters. The van der Waals surface area contributed by atoms with Crippen LogP contribution in [0.1, 0.15) is 32.8 Å². The molecule has 0 aliphatic rings. The number of hydrogen-bond acceptors (Lipinski definition) is 2. The van der Waals surface area contributed by atoms with Crippen LogP contribution in [0.25, 0.3) is 10.8 Å². The molecule has 0 saturated carbocycles. The largest absolute Gasteiger partial charge is 0.508 e. The Labute approximate surface area is 109 Å². The van der Waals surface area contributed by atoms with Crippen molar-refractivity contribution in [1.82, 2.24) is 0 Å². The maximum atomic E-state index is 9.96. The molecule has 2 nitrogen and oxygen atoms in total. The number of methoxy groups -OCH3 is 1. The second-order valence-corrected chi connectivity index (χ2v) is 4.25. The van der Waals surface area contributed by atoms with Gasteiger partial charge in [-0.05, 0) is 41.8 Å². The van der Waals surface area contributed by atoms with Crippen LogP contribution < -0.4 is 4.74 Å². The van der Waals surface area contributed by atoms with E-state index in [1.165, 1.54) is 0 Å². The molecule has 0 spiro atoms. The molecule has 0 radical (unpaired) electrons. The molecule has 0 aliphatic carbocycles. The molecule has 0 unspecified atom stereocenters. The van der Waals surface area contributed by atoms with E-state index in [1.807, 2.05) is 24.3 Å². The monoisotopic (exact) mass is 246 g/mol. The lowest BCUT2D eigenvalue weighted by Crippen LogP contribution is -1.90. The minimum atomic E-state index is 0. The molecule has 0 amide bonds. The topological polar surface area (TPSA) is 29.5 Å². The van der Waals surface area contributed by atoms with Gasteiger partial charge in [-0.25, -0.2) is 0 Å². The molecule has 2 heteroatoms. The summed E-state index contributed by atoms with van der Waals surface area (Å²) in [6.07, 6.45) is 3.12. The quantitative estimate of drug-likeness (QED) is 0.858. The second kappa shape index (κ2) is 6.29. The average Bonchev–Trinajstić information content (AvgIpc) is 2.37. The van der Waals surface area contributed by atoms with Gasteiger partial charge in [0.25, 0.3) is 0 Å². The third-order valence-corrected chi connectivity index (χ3v) is 3.10. The number of rotatable bonds is 4. The van der Waals surface area contributed by atoms with E-state index in [1.54, 1.807) is 13.2 Å². The zero-order valence-corrected chi connectivity index (χ0v) is 10.4. The third kappa shape index (κ3) is 2.76. The highest BCUT2D eigenvalue weighted by Crippen LogP contribution is 2.31. The molecule has 1 N–H and O–H groups in total. The Morgan fingerprint density at radius 2 is 1.89 bits per heavy atom. The van der Waals surface area contributed by atoms with Gasteiger partial charge in [-0.2, -0.15) is 0 Å². The van der Waals surface area contributed by atoms with Crippen molar-refractivity contribution in [2.45, 2.75) is 33.6 Å². The third-order valence-electron chi connectivity index (χ3n) is 3.10. The van der Waals surface area contributed by atoms with Gasteiger partial charge in [0.1, 0.15) is 11.5 Å². The van der Waals surface area contributed by atoms with Crippen molar-refractivity contribution in [3.05, 3.63) is 35.9 Å². The Kier molecular flexibility index (Phi) is 5.02. The highest BCUT2D eigenvalue weighted by Gasteiger charge is 2.07. The first kappa shape index (κ1) is 14.4. The molecule has 18 heavy (non-hydrogen) atoms. The Hall–Kier alpha value is -1.70. The maximum absolute atomic E-state index is 9.96. The molecular weight excluding hydrogens is 224 g/mol. The molecule has 0 aliphatic heterocycles. The van der Waals surface area contributed by atoms with Crippen LogP contribution in [-0.4, -0.2) is 12.2 Å². The van der Waals surface area contributed by atoms with Crippen LogP contribution in [0.4, 0.5) is 0 Å². The standard InChI is InChI=1S/C15H18O2.CH4/c1-3-4-5-13-14-10-12(17-2)8-6-11(14)7-9-15(13)16;/h6-10,16H,3-5H2,1-2H3;1H4. The van der Waals surface area contributed by atoms with Gasteiger partial charge in [0.2, 0.25) is 0 Å².